The maximum Gasteiger partial charge on any atom is 0.269 e. The molecule has 0 aliphatic heterocycles. The lowest BCUT2D eigenvalue weighted by atomic mass is 10.0. The molecule has 1 aliphatic carbocycles. The highest BCUT2D eigenvalue weighted by molar-refractivity contribution is 8.00. The number of hydrogen-bond acceptors (Lipinski definition) is 5. The number of hydrogen-bond donors (Lipinski definition) is 1. The summed E-state index contributed by atoms with van der Waals surface area (Å²) in [7, 11) is -3.59. The van der Waals surface area contributed by atoms with Crippen molar-refractivity contribution in [2.24, 2.45) is 0 Å². The fourth-order valence-electron chi connectivity index (χ4n) is 2.46. The van der Waals surface area contributed by atoms with Crippen LogP contribution in [0, 0.1) is 10.1 Å². The van der Waals surface area contributed by atoms with Crippen LogP contribution in [0.4, 0.5) is 5.69 Å². The van der Waals surface area contributed by atoms with Crippen molar-refractivity contribution in [3.8, 4) is 0 Å². The summed E-state index contributed by atoms with van der Waals surface area (Å²) in [5.74, 6) is 0.747. The van der Waals surface area contributed by atoms with Crippen LogP contribution in [0.25, 0.3) is 0 Å². The SMILES string of the molecule is O=[N+]([O-])c1ccc(S(=O)(=O)NCCSC2CCCCC2)cc1. The van der Waals surface area contributed by atoms with Crippen molar-refractivity contribution in [2.75, 3.05) is 12.3 Å². The van der Waals surface area contributed by atoms with E-state index in [0.29, 0.717) is 11.8 Å². The summed E-state index contributed by atoms with van der Waals surface area (Å²) in [5, 5.41) is 11.2. The monoisotopic (exact) mass is 344 g/mol. The Balaban J connectivity index is 1.81. The van der Waals surface area contributed by atoms with E-state index >= 15 is 0 Å². The van der Waals surface area contributed by atoms with Crippen LogP contribution in [0.2, 0.25) is 0 Å². The highest BCUT2D eigenvalue weighted by Crippen LogP contribution is 2.27. The average Bonchev–Trinajstić information content (AvgIpc) is 2.53. The third-order valence-electron chi connectivity index (χ3n) is 3.66. The highest BCUT2D eigenvalue weighted by Gasteiger charge is 2.17. The number of rotatable bonds is 7. The van der Waals surface area contributed by atoms with Crippen molar-refractivity contribution in [1.82, 2.24) is 4.72 Å². The Morgan fingerprint density at radius 1 is 1.18 bits per heavy atom. The van der Waals surface area contributed by atoms with Crippen LogP contribution in [0.15, 0.2) is 29.2 Å². The van der Waals surface area contributed by atoms with Crippen molar-refractivity contribution in [2.45, 2.75) is 42.2 Å². The summed E-state index contributed by atoms with van der Waals surface area (Å²) in [4.78, 5) is 10.1. The van der Waals surface area contributed by atoms with E-state index < -0.39 is 14.9 Å². The topological polar surface area (TPSA) is 89.3 Å². The minimum absolute atomic E-state index is 0.0563. The van der Waals surface area contributed by atoms with Crippen molar-refractivity contribution in [3.63, 3.8) is 0 Å². The van der Waals surface area contributed by atoms with Gasteiger partial charge in [-0.05, 0) is 25.0 Å². The quantitative estimate of drug-likeness (QED) is 0.467. The molecule has 2 rings (SSSR count). The largest absolute Gasteiger partial charge is 0.269 e. The number of nitro benzene ring substituents is 1. The molecule has 122 valence electrons. The Labute approximate surface area is 134 Å². The molecule has 22 heavy (non-hydrogen) atoms. The van der Waals surface area contributed by atoms with E-state index in [2.05, 4.69) is 4.72 Å². The van der Waals surface area contributed by atoms with Gasteiger partial charge < -0.3 is 0 Å². The van der Waals surface area contributed by atoms with Gasteiger partial charge in [0.1, 0.15) is 0 Å². The zero-order valence-electron chi connectivity index (χ0n) is 12.2. The van der Waals surface area contributed by atoms with Gasteiger partial charge in [-0.3, -0.25) is 10.1 Å². The highest BCUT2D eigenvalue weighted by atomic mass is 32.2. The van der Waals surface area contributed by atoms with Crippen LogP contribution in [-0.4, -0.2) is 30.9 Å². The van der Waals surface area contributed by atoms with Gasteiger partial charge in [-0.15, -0.1) is 0 Å². The van der Waals surface area contributed by atoms with Crippen molar-refractivity contribution < 1.29 is 13.3 Å². The molecule has 0 unspecified atom stereocenters. The van der Waals surface area contributed by atoms with Gasteiger partial charge in [0.05, 0.1) is 9.82 Å². The molecule has 0 heterocycles. The molecule has 0 bridgehead atoms. The first-order chi connectivity index (χ1) is 10.5. The van der Waals surface area contributed by atoms with E-state index in [1.54, 1.807) is 0 Å². The number of sulfonamides is 1. The Morgan fingerprint density at radius 3 is 2.41 bits per heavy atom. The zero-order chi connectivity index (χ0) is 16.0. The van der Waals surface area contributed by atoms with E-state index in [0.717, 1.165) is 5.75 Å². The first-order valence-corrected chi connectivity index (χ1v) is 9.88. The lowest BCUT2D eigenvalue weighted by molar-refractivity contribution is -0.384. The van der Waals surface area contributed by atoms with Gasteiger partial charge in [0.2, 0.25) is 10.0 Å². The maximum absolute atomic E-state index is 12.1. The first-order valence-electron chi connectivity index (χ1n) is 7.35. The molecule has 1 saturated carbocycles. The molecule has 6 nitrogen and oxygen atoms in total. The van der Waals surface area contributed by atoms with Gasteiger partial charge in [-0.1, -0.05) is 19.3 Å². The van der Waals surface area contributed by atoms with Crippen LogP contribution in [0.1, 0.15) is 32.1 Å². The Kier molecular flexibility index (Phi) is 6.22. The summed E-state index contributed by atoms with van der Waals surface area (Å²) in [5.41, 5.74) is -0.119. The van der Waals surface area contributed by atoms with E-state index in [-0.39, 0.29) is 10.6 Å². The molecular formula is C14H20N2O4S2. The Hall–Kier alpha value is -1.12. The molecule has 0 radical (unpaired) electrons. The van der Waals surface area contributed by atoms with Crippen LogP contribution in [-0.2, 0) is 10.0 Å². The van der Waals surface area contributed by atoms with Crippen molar-refractivity contribution >= 4 is 27.5 Å². The third-order valence-corrected chi connectivity index (χ3v) is 6.52. The lowest BCUT2D eigenvalue weighted by Gasteiger charge is -2.20. The molecule has 1 fully saturated rings. The van der Waals surface area contributed by atoms with Crippen LogP contribution >= 0.6 is 11.8 Å². The third kappa shape index (κ3) is 4.96. The van der Waals surface area contributed by atoms with Crippen molar-refractivity contribution in [1.29, 1.82) is 0 Å². The normalized spacial score (nSPS) is 16.5. The summed E-state index contributed by atoms with van der Waals surface area (Å²) in [6.45, 7) is 0.375. The molecule has 1 aliphatic rings. The molecule has 0 aromatic heterocycles. The maximum atomic E-state index is 12.1. The summed E-state index contributed by atoms with van der Waals surface area (Å²) >= 11 is 1.82. The van der Waals surface area contributed by atoms with Gasteiger partial charge >= 0.3 is 0 Å². The summed E-state index contributed by atoms with van der Waals surface area (Å²) in [6.07, 6.45) is 6.29. The standard InChI is InChI=1S/C14H20N2O4S2/c17-16(18)12-6-8-14(9-7-12)22(19,20)15-10-11-21-13-4-2-1-3-5-13/h6-9,13,15H,1-5,10-11H2. The molecular weight excluding hydrogens is 324 g/mol. The van der Waals surface area contributed by atoms with E-state index in [1.165, 1.54) is 56.4 Å². The first kappa shape index (κ1) is 17.2. The molecule has 0 atom stereocenters. The van der Waals surface area contributed by atoms with Gasteiger partial charge in [-0.25, -0.2) is 13.1 Å². The van der Waals surface area contributed by atoms with Crippen LogP contribution < -0.4 is 4.72 Å². The number of nitrogens with one attached hydrogen (secondary N) is 1. The van der Waals surface area contributed by atoms with E-state index in [9.17, 15) is 18.5 Å². The number of non-ortho nitro benzene ring substituents is 1. The van der Waals surface area contributed by atoms with Crippen LogP contribution in [0.5, 0.6) is 0 Å². The molecule has 1 N–H and O–H groups in total. The van der Waals surface area contributed by atoms with Crippen LogP contribution in [0.3, 0.4) is 0 Å². The number of thioether (sulfide) groups is 1. The fraction of sp³-hybridized carbons (Fsp3) is 0.571. The lowest BCUT2D eigenvalue weighted by Crippen LogP contribution is -2.26. The Morgan fingerprint density at radius 2 is 1.82 bits per heavy atom. The van der Waals surface area contributed by atoms with E-state index in [4.69, 9.17) is 0 Å². The number of nitrogens with zero attached hydrogens (tertiary/aromatic N) is 1. The average molecular weight is 344 g/mol. The molecule has 0 saturated heterocycles. The molecule has 8 heteroatoms. The predicted octanol–water partition coefficient (Wildman–Crippen LogP) is 2.94. The Bertz CT molecular complexity index is 596. The van der Waals surface area contributed by atoms with Gasteiger partial charge in [0.15, 0.2) is 0 Å². The fourth-order valence-corrected chi connectivity index (χ4v) is 4.84. The number of benzene rings is 1. The molecule has 0 amide bonds. The van der Waals surface area contributed by atoms with Gasteiger partial charge in [0.25, 0.3) is 5.69 Å². The summed E-state index contributed by atoms with van der Waals surface area (Å²) in [6, 6.07) is 4.92. The molecule has 0 spiro atoms. The second-order valence-electron chi connectivity index (χ2n) is 5.28. The smallest absolute Gasteiger partial charge is 0.258 e. The predicted molar refractivity (Wildman–Crippen MR) is 87.6 cm³/mol. The minimum atomic E-state index is -3.59. The zero-order valence-corrected chi connectivity index (χ0v) is 13.9. The second-order valence-corrected chi connectivity index (χ2v) is 8.45. The second kappa shape index (κ2) is 7.94. The molecule has 1 aromatic carbocycles. The number of nitro groups is 1. The molecule has 1 aromatic rings. The minimum Gasteiger partial charge on any atom is -0.258 e. The van der Waals surface area contributed by atoms with Gasteiger partial charge in [0, 0.05) is 29.7 Å². The van der Waals surface area contributed by atoms with Gasteiger partial charge in [-0.2, -0.15) is 11.8 Å². The summed E-state index contributed by atoms with van der Waals surface area (Å²) < 4.78 is 26.7. The van der Waals surface area contributed by atoms with E-state index in [1.807, 2.05) is 11.8 Å². The van der Waals surface area contributed by atoms with Crippen molar-refractivity contribution in [3.05, 3.63) is 34.4 Å².